The second-order valence-electron chi connectivity index (χ2n) is 6.46. The van der Waals surface area contributed by atoms with Gasteiger partial charge in [-0.1, -0.05) is 42.8 Å². The molecule has 1 N–H and O–H groups in total. The molecule has 2 rings (SSSR count). The van der Waals surface area contributed by atoms with Gasteiger partial charge in [-0.3, -0.25) is 4.79 Å². The third kappa shape index (κ3) is 4.85. The van der Waals surface area contributed by atoms with E-state index in [4.69, 9.17) is 4.74 Å². The van der Waals surface area contributed by atoms with Gasteiger partial charge in [-0.15, -0.1) is 0 Å². The fourth-order valence-electron chi connectivity index (χ4n) is 2.77. The summed E-state index contributed by atoms with van der Waals surface area (Å²) in [5.74, 6) is 0.639. The molecule has 0 aliphatic heterocycles. The van der Waals surface area contributed by atoms with E-state index in [0.29, 0.717) is 0 Å². The Balaban J connectivity index is 2.02. The number of carbonyl (C=O) groups excluding carboxylic acids is 1. The Bertz CT molecular complexity index is 671. The third-order valence-electron chi connectivity index (χ3n) is 4.08. The van der Waals surface area contributed by atoms with Crippen LogP contribution in [0.5, 0.6) is 5.75 Å². The molecule has 2 atom stereocenters. The predicted molar refractivity (Wildman–Crippen MR) is 98.4 cm³/mol. The summed E-state index contributed by atoms with van der Waals surface area (Å²) < 4.78 is 5.83. The maximum absolute atomic E-state index is 12.5. The van der Waals surface area contributed by atoms with Crippen LogP contribution in [0.15, 0.2) is 42.5 Å². The van der Waals surface area contributed by atoms with Crippen molar-refractivity contribution < 1.29 is 9.53 Å². The number of carbonyl (C=O) groups is 1. The zero-order chi connectivity index (χ0) is 17.7. The molecule has 0 fully saturated rings. The van der Waals surface area contributed by atoms with Crippen LogP contribution in [0.1, 0.15) is 48.6 Å². The van der Waals surface area contributed by atoms with Gasteiger partial charge in [0.1, 0.15) is 5.75 Å². The second kappa shape index (κ2) is 8.00. The molecule has 2 aromatic rings. The van der Waals surface area contributed by atoms with Crippen molar-refractivity contribution in [3.8, 4) is 5.75 Å². The number of benzene rings is 2. The summed E-state index contributed by atoms with van der Waals surface area (Å²) in [6.45, 7) is 9.96. The minimum atomic E-state index is -0.536. The summed E-state index contributed by atoms with van der Waals surface area (Å²) in [7, 11) is 0. The molecule has 0 heterocycles. The molecule has 2 aromatic carbocycles. The molecule has 2 unspecified atom stereocenters. The molecule has 0 aliphatic carbocycles. The molecule has 0 aliphatic rings. The van der Waals surface area contributed by atoms with Crippen LogP contribution in [0.4, 0.5) is 0 Å². The molecule has 0 saturated carbocycles. The van der Waals surface area contributed by atoms with Crippen LogP contribution in [-0.4, -0.2) is 12.0 Å². The van der Waals surface area contributed by atoms with Gasteiger partial charge >= 0.3 is 0 Å². The van der Waals surface area contributed by atoms with Gasteiger partial charge in [0.05, 0.1) is 6.04 Å². The van der Waals surface area contributed by atoms with Gasteiger partial charge in [-0.25, -0.2) is 0 Å². The lowest BCUT2D eigenvalue weighted by molar-refractivity contribution is -0.128. The quantitative estimate of drug-likeness (QED) is 0.840. The van der Waals surface area contributed by atoms with E-state index in [1.165, 1.54) is 5.56 Å². The number of hydrogen-bond donors (Lipinski definition) is 1. The van der Waals surface area contributed by atoms with Crippen molar-refractivity contribution in [3.05, 3.63) is 64.7 Å². The van der Waals surface area contributed by atoms with E-state index in [-0.39, 0.29) is 11.9 Å². The Hall–Kier alpha value is -2.29. The molecule has 3 heteroatoms. The standard InChI is InChI=1S/C21H27NO2/c1-6-20(18-9-7-14(2)8-10-18)22-21(23)17(5)24-19-12-15(3)11-16(4)13-19/h7-13,17,20H,6H2,1-5H3,(H,22,23). The molecular weight excluding hydrogens is 298 g/mol. The van der Waals surface area contributed by atoms with Crippen molar-refractivity contribution in [2.75, 3.05) is 0 Å². The number of nitrogens with one attached hydrogen (secondary N) is 1. The molecule has 128 valence electrons. The van der Waals surface area contributed by atoms with E-state index in [2.05, 4.69) is 49.5 Å². The summed E-state index contributed by atoms with van der Waals surface area (Å²) in [5.41, 5.74) is 4.59. The van der Waals surface area contributed by atoms with Gasteiger partial charge in [0, 0.05) is 0 Å². The highest BCUT2D eigenvalue weighted by Gasteiger charge is 2.19. The molecule has 3 nitrogen and oxygen atoms in total. The molecule has 24 heavy (non-hydrogen) atoms. The van der Waals surface area contributed by atoms with Crippen LogP contribution in [0, 0.1) is 20.8 Å². The fourth-order valence-corrected chi connectivity index (χ4v) is 2.77. The van der Waals surface area contributed by atoms with E-state index >= 15 is 0 Å². The molecule has 1 amide bonds. The zero-order valence-electron chi connectivity index (χ0n) is 15.2. The highest BCUT2D eigenvalue weighted by molar-refractivity contribution is 5.81. The molecule has 0 aromatic heterocycles. The predicted octanol–water partition coefficient (Wildman–Crippen LogP) is 4.65. The first-order valence-electron chi connectivity index (χ1n) is 8.51. The maximum atomic E-state index is 12.5. The molecule has 0 saturated heterocycles. The third-order valence-corrected chi connectivity index (χ3v) is 4.08. The van der Waals surface area contributed by atoms with Crippen molar-refractivity contribution in [2.45, 2.75) is 53.2 Å². The largest absolute Gasteiger partial charge is 0.481 e. The number of ether oxygens (including phenoxy) is 1. The number of amides is 1. The van der Waals surface area contributed by atoms with Gasteiger partial charge in [0.25, 0.3) is 5.91 Å². The summed E-state index contributed by atoms with van der Waals surface area (Å²) in [6.07, 6.45) is 0.302. The fraction of sp³-hybridized carbons (Fsp3) is 0.381. The molecular formula is C21H27NO2. The van der Waals surface area contributed by atoms with E-state index < -0.39 is 6.10 Å². The number of hydrogen-bond acceptors (Lipinski definition) is 2. The van der Waals surface area contributed by atoms with Crippen molar-refractivity contribution in [1.82, 2.24) is 5.32 Å². The normalized spacial score (nSPS) is 13.2. The average Bonchev–Trinajstić information content (AvgIpc) is 2.52. The van der Waals surface area contributed by atoms with Crippen LogP contribution >= 0.6 is 0 Å². The van der Waals surface area contributed by atoms with Crippen molar-refractivity contribution in [3.63, 3.8) is 0 Å². The SMILES string of the molecule is CCC(NC(=O)C(C)Oc1cc(C)cc(C)c1)c1ccc(C)cc1. The summed E-state index contributed by atoms with van der Waals surface area (Å²) in [6, 6.07) is 14.3. The second-order valence-corrected chi connectivity index (χ2v) is 6.46. The highest BCUT2D eigenvalue weighted by atomic mass is 16.5. The van der Waals surface area contributed by atoms with Crippen LogP contribution < -0.4 is 10.1 Å². The summed E-state index contributed by atoms with van der Waals surface area (Å²) in [5, 5.41) is 3.09. The Morgan fingerprint density at radius 2 is 1.58 bits per heavy atom. The Labute approximate surface area is 145 Å². The first-order chi connectivity index (χ1) is 11.4. The van der Waals surface area contributed by atoms with Crippen LogP contribution in [0.3, 0.4) is 0 Å². The summed E-state index contributed by atoms with van der Waals surface area (Å²) in [4.78, 5) is 12.5. The van der Waals surface area contributed by atoms with Crippen molar-refractivity contribution in [2.24, 2.45) is 0 Å². The summed E-state index contributed by atoms with van der Waals surface area (Å²) >= 11 is 0. The molecule has 0 radical (unpaired) electrons. The Morgan fingerprint density at radius 1 is 1.00 bits per heavy atom. The Morgan fingerprint density at radius 3 is 2.12 bits per heavy atom. The minimum absolute atomic E-state index is 0.00314. The zero-order valence-corrected chi connectivity index (χ0v) is 15.2. The van der Waals surface area contributed by atoms with Gasteiger partial charge in [-0.05, 0) is 62.9 Å². The average molecular weight is 325 g/mol. The highest BCUT2D eigenvalue weighted by Crippen LogP contribution is 2.20. The molecule has 0 bridgehead atoms. The monoisotopic (exact) mass is 325 g/mol. The smallest absolute Gasteiger partial charge is 0.261 e. The lowest BCUT2D eigenvalue weighted by Crippen LogP contribution is -2.38. The van der Waals surface area contributed by atoms with Crippen LogP contribution in [0.25, 0.3) is 0 Å². The lowest BCUT2D eigenvalue weighted by Gasteiger charge is -2.21. The number of rotatable bonds is 6. The van der Waals surface area contributed by atoms with Crippen LogP contribution in [0.2, 0.25) is 0 Å². The first-order valence-corrected chi connectivity index (χ1v) is 8.51. The van der Waals surface area contributed by atoms with Gasteiger partial charge < -0.3 is 10.1 Å². The topological polar surface area (TPSA) is 38.3 Å². The van der Waals surface area contributed by atoms with E-state index in [1.807, 2.05) is 26.0 Å². The Kier molecular flexibility index (Phi) is 6.02. The van der Waals surface area contributed by atoms with E-state index in [1.54, 1.807) is 6.92 Å². The van der Waals surface area contributed by atoms with Gasteiger partial charge in [0.15, 0.2) is 6.10 Å². The first kappa shape index (κ1) is 18.1. The molecule has 0 spiro atoms. The van der Waals surface area contributed by atoms with Crippen LogP contribution in [-0.2, 0) is 4.79 Å². The van der Waals surface area contributed by atoms with Gasteiger partial charge in [-0.2, -0.15) is 0 Å². The maximum Gasteiger partial charge on any atom is 0.261 e. The van der Waals surface area contributed by atoms with Crippen molar-refractivity contribution >= 4 is 5.91 Å². The lowest BCUT2D eigenvalue weighted by atomic mass is 10.0. The van der Waals surface area contributed by atoms with E-state index in [0.717, 1.165) is 28.9 Å². The number of aryl methyl sites for hydroxylation is 3. The van der Waals surface area contributed by atoms with E-state index in [9.17, 15) is 4.79 Å². The van der Waals surface area contributed by atoms with Crippen molar-refractivity contribution in [1.29, 1.82) is 0 Å². The van der Waals surface area contributed by atoms with Gasteiger partial charge in [0.2, 0.25) is 0 Å². The minimum Gasteiger partial charge on any atom is -0.481 e.